The van der Waals surface area contributed by atoms with Crippen LogP contribution in [0.5, 0.6) is 0 Å². The van der Waals surface area contributed by atoms with Gasteiger partial charge in [0.05, 0.1) is 0 Å². The van der Waals surface area contributed by atoms with Crippen molar-refractivity contribution in [2.75, 3.05) is 0 Å². The smallest absolute Gasteiger partial charge is 0.0442 e. The van der Waals surface area contributed by atoms with Gasteiger partial charge in [-0.2, -0.15) is 0 Å². The summed E-state index contributed by atoms with van der Waals surface area (Å²) in [6.07, 6.45) is 0. The van der Waals surface area contributed by atoms with E-state index in [1.165, 1.54) is 17.2 Å². The molecule has 0 amide bonds. The van der Waals surface area contributed by atoms with Crippen LogP contribution in [-0.2, 0) is 0 Å². The molecule has 0 aromatic heterocycles. The highest BCUT2D eigenvalue weighted by Gasteiger charge is 2.00. The lowest BCUT2D eigenvalue weighted by Gasteiger charge is -2.00. The van der Waals surface area contributed by atoms with Crippen molar-refractivity contribution in [3.05, 3.63) is 29.3 Å². The summed E-state index contributed by atoms with van der Waals surface area (Å²) in [5, 5.41) is 0. The van der Waals surface area contributed by atoms with Crippen LogP contribution >= 0.6 is 61.1 Å². The first-order valence-electron chi connectivity index (χ1n) is 2.72. The maximum absolute atomic E-state index is 3.50. The van der Waals surface area contributed by atoms with Crippen LogP contribution in [0.2, 0.25) is 0 Å². The van der Waals surface area contributed by atoms with Crippen LogP contribution in [0.15, 0.2) is 16.6 Å². The standard InChI is InChI=1S/C7H5BrI2/c1-4-2-5(9)7(8)6(10)3-4/h2-3H,1H3. The summed E-state index contributed by atoms with van der Waals surface area (Å²) in [5.74, 6) is 0. The van der Waals surface area contributed by atoms with Crippen LogP contribution in [0.1, 0.15) is 5.56 Å². The minimum absolute atomic E-state index is 1.21. The van der Waals surface area contributed by atoms with Gasteiger partial charge in [0, 0.05) is 11.6 Å². The number of halogens is 3. The molecule has 10 heavy (non-hydrogen) atoms. The molecule has 0 spiro atoms. The van der Waals surface area contributed by atoms with Gasteiger partial charge < -0.3 is 0 Å². The lowest BCUT2D eigenvalue weighted by molar-refractivity contribution is 1.40. The molecule has 0 aliphatic rings. The fourth-order valence-corrected chi connectivity index (χ4v) is 2.99. The van der Waals surface area contributed by atoms with Gasteiger partial charge in [-0.25, -0.2) is 0 Å². The third kappa shape index (κ3) is 2.07. The average molecular weight is 423 g/mol. The Balaban J connectivity index is 3.31. The normalized spacial score (nSPS) is 10.0. The van der Waals surface area contributed by atoms with Gasteiger partial charge in [0.25, 0.3) is 0 Å². The molecular weight excluding hydrogens is 418 g/mol. The summed E-state index contributed by atoms with van der Waals surface area (Å²) in [6.45, 7) is 2.11. The van der Waals surface area contributed by atoms with E-state index in [0.717, 1.165) is 0 Å². The quantitative estimate of drug-likeness (QED) is 0.438. The summed E-state index contributed by atoms with van der Waals surface area (Å²) in [7, 11) is 0. The Morgan fingerprint density at radius 1 is 1.20 bits per heavy atom. The second-order valence-corrected chi connectivity index (χ2v) is 5.16. The summed E-state index contributed by atoms with van der Waals surface area (Å²) in [5.41, 5.74) is 1.32. The van der Waals surface area contributed by atoms with Gasteiger partial charge in [-0.05, 0) is 85.7 Å². The molecule has 1 rings (SSSR count). The number of rotatable bonds is 0. The van der Waals surface area contributed by atoms with E-state index in [0.29, 0.717) is 0 Å². The van der Waals surface area contributed by atoms with E-state index in [1.807, 2.05) is 0 Å². The van der Waals surface area contributed by atoms with E-state index >= 15 is 0 Å². The van der Waals surface area contributed by atoms with Crippen molar-refractivity contribution >= 4 is 61.1 Å². The molecule has 0 saturated carbocycles. The van der Waals surface area contributed by atoms with Crippen molar-refractivity contribution in [3.8, 4) is 0 Å². The first-order valence-corrected chi connectivity index (χ1v) is 5.67. The van der Waals surface area contributed by atoms with Crippen LogP contribution in [0, 0.1) is 14.1 Å². The predicted octanol–water partition coefficient (Wildman–Crippen LogP) is 3.97. The molecule has 3 heteroatoms. The van der Waals surface area contributed by atoms with Crippen molar-refractivity contribution in [1.82, 2.24) is 0 Å². The monoisotopic (exact) mass is 422 g/mol. The number of aryl methyl sites for hydroxylation is 1. The fraction of sp³-hybridized carbons (Fsp3) is 0.143. The average Bonchev–Trinajstić information content (AvgIpc) is 1.82. The van der Waals surface area contributed by atoms with Gasteiger partial charge in [0.2, 0.25) is 0 Å². The molecular formula is C7H5BrI2. The van der Waals surface area contributed by atoms with Gasteiger partial charge >= 0.3 is 0 Å². The lowest BCUT2D eigenvalue weighted by atomic mass is 10.2. The third-order valence-electron chi connectivity index (χ3n) is 1.13. The minimum atomic E-state index is 1.21. The van der Waals surface area contributed by atoms with E-state index in [9.17, 15) is 0 Å². The Morgan fingerprint density at radius 3 is 2.00 bits per heavy atom. The summed E-state index contributed by atoms with van der Waals surface area (Å²) in [6, 6.07) is 4.32. The number of hydrogen-bond donors (Lipinski definition) is 0. The molecule has 0 radical (unpaired) electrons. The Morgan fingerprint density at radius 2 is 1.60 bits per heavy atom. The molecule has 0 unspecified atom stereocenters. The van der Waals surface area contributed by atoms with Gasteiger partial charge in [0.15, 0.2) is 0 Å². The zero-order valence-electron chi connectivity index (χ0n) is 5.29. The highest BCUT2D eigenvalue weighted by Crippen LogP contribution is 2.25. The zero-order chi connectivity index (χ0) is 7.72. The first kappa shape index (κ1) is 9.25. The summed E-state index contributed by atoms with van der Waals surface area (Å²) >= 11 is 8.15. The Hall–Kier alpha value is 1.16. The van der Waals surface area contributed by atoms with Crippen molar-refractivity contribution in [2.45, 2.75) is 6.92 Å². The zero-order valence-corrected chi connectivity index (χ0v) is 11.2. The SMILES string of the molecule is Cc1cc(I)c(Br)c(I)c1. The van der Waals surface area contributed by atoms with Crippen LogP contribution < -0.4 is 0 Å². The Labute approximate surface area is 96.2 Å². The van der Waals surface area contributed by atoms with E-state index in [4.69, 9.17) is 0 Å². The van der Waals surface area contributed by atoms with Gasteiger partial charge in [-0.1, -0.05) is 0 Å². The Kier molecular flexibility index (Phi) is 3.43. The largest absolute Gasteiger partial charge is 0.0490 e. The molecule has 0 N–H and O–H groups in total. The fourth-order valence-electron chi connectivity index (χ4n) is 0.682. The van der Waals surface area contributed by atoms with E-state index in [2.05, 4.69) is 80.2 Å². The number of benzene rings is 1. The second-order valence-electron chi connectivity index (χ2n) is 2.04. The maximum atomic E-state index is 3.50. The Bertz CT molecular complexity index is 235. The van der Waals surface area contributed by atoms with Gasteiger partial charge in [-0.15, -0.1) is 0 Å². The van der Waals surface area contributed by atoms with Crippen molar-refractivity contribution in [3.63, 3.8) is 0 Å². The molecule has 0 saturated heterocycles. The van der Waals surface area contributed by atoms with Crippen molar-refractivity contribution in [1.29, 1.82) is 0 Å². The van der Waals surface area contributed by atoms with Gasteiger partial charge in [0.1, 0.15) is 0 Å². The molecule has 0 heterocycles. The molecule has 1 aromatic rings. The van der Waals surface area contributed by atoms with E-state index < -0.39 is 0 Å². The summed E-state index contributed by atoms with van der Waals surface area (Å²) < 4.78 is 3.77. The maximum Gasteiger partial charge on any atom is 0.0442 e. The molecule has 0 aliphatic heterocycles. The second kappa shape index (κ2) is 3.71. The van der Waals surface area contributed by atoms with Crippen LogP contribution in [0.3, 0.4) is 0 Å². The van der Waals surface area contributed by atoms with E-state index in [-0.39, 0.29) is 0 Å². The predicted molar refractivity (Wildman–Crippen MR) is 64.3 cm³/mol. The topological polar surface area (TPSA) is 0 Å². The molecule has 0 fully saturated rings. The van der Waals surface area contributed by atoms with Crippen LogP contribution in [0.25, 0.3) is 0 Å². The third-order valence-corrected chi connectivity index (χ3v) is 5.17. The molecule has 1 aromatic carbocycles. The van der Waals surface area contributed by atoms with Crippen LogP contribution in [0.4, 0.5) is 0 Å². The molecule has 54 valence electrons. The molecule has 0 nitrogen and oxygen atoms in total. The minimum Gasteiger partial charge on any atom is -0.0490 e. The lowest BCUT2D eigenvalue weighted by Crippen LogP contribution is -1.82. The first-order chi connectivity index (χ1) is 4.61. The highest BCUT2D eigenvalue weighted by molar-refractivity contribution is 14.1. The van der Waals surface area contributed by atoms with Crippen LogP contribution in [-0.4, -0.2) is 0 Å². The summed E-state index contributed by atoms with van der Waals surface area (Å²) in [4.78, 5) is 0. The van der Waals surface area contributed by atoms with Crippen molar-refractivity contribution in [2.24, 2.45) is 0 Å². The van der Waals surface area contributed by atoms with Gasteiger partial charge in [-0.3, -0.25) is 0 Å². The molecule has 0 bridgehead atoms. The number of hydrogen-bond acceptors (Lipinski definition) is 0. The molecule has 0 atom stereocenters. The molecule has 0 aliphatic carbocycles. The highest BCUT2D eigenvalue weighted by atomic mass is 127. The van der Waals surface area contributed by atoms with E-state index in [1.54, 1.807) is 0 Å². The van der Waals surface area contributed by atoms with Crippen molar-refractivity contribution < 1.29 is 0 Å².